The van der Waals surface area contributed by atoms with E-state index in [1.54, 1.807) is 11.4 Å². The standard InChI is InChI=1S/C6H3BrO2S/c7-4-1-2-10-6(4)5(9)3-8/h1-3H. The predicted octanol–water partition coefficient (Wildman–Crippen LogP) is 1.89. The molecule has 0 fully saturated rings. The first kappa shape index (κ1) is 7.63. The van der Waals surface area contributed by atoms with Gasteiger partial charge in [-0.1, -0.05) is 0 Å². The molecule has 0 aliphatic rings. The van der Waals surface area contributed by atoms with E-state index in [0.717, 1.165) is 0 Å². The van der Waals surface area contributed by atoms with Crippen LogP contribution in [-0.4, -0.2) is 12.1 Å². The molecule has 0 spiro atoms. The van der Waals surface area contributed by atoms with E-state index in [2.05, 4.69) is 15.9 Å². The number of carbonyl (C=O) groups excluding carboxylic acids is 2. The lowest BCUT2D eigenvalue weighted by Gasteiger charge is -1.85. The highest BCUT2D eigenvalue weighted by molar-refractivity contribution is 9.10. The minimum atomic E-state index is -0.470. The van der Waals surface area contributed by atoms with Gasteiger partial charge in [-0.05, 0) is 27.4 Å². The van der Waals surface area contributed by atoms with Crippen LogP contribution in [0.15, 0.2) is 15.9 Å². The summed E-state index contributed by atoms with van der Waals surface area (Å²) in [6.45, 7) is 0. The van der Waals surface area contributed by atoms with Crippen molar-refractivity contribution in [2.45, 2.75) is 0 Å². The van der Waals surface area contributed by atoms with E-state index < -0.39 is 5.78 Å². The maximum atomic E-state index is 10.7. The monoisotopic (exact) mass is 218 g/mol. The zero-order chi connectivity index (χ0) is 7.56. The van der Waals surface area contributed by atoms with E-state index in [9.17, 15) is 9.59 Å². The predicted molar refractivity (Wildman–Crippen MR) is 42.4 cm³/mol. The third kappa shape index (κ3) is 1.33. The van der Waals surface area contributed by atoms with E-state index in [-0.39, 0.29) is 0 Å². The van der Waals surface area contributed by atoms with Crippen molar-refractivity contribution >= 4 is 39.3 Å². The molecule has 4 heteroatoms. The maximum Gasteiger partial charge on any atom is 0.236 e. The van der Waals surface area contributed by atoms with Crippen LogP contribution in [0, 0.1) is 0 Å². The summed E-state index contributed by atoms with van der Waals surface area (Å²) in [4.78, 5) is 21.2. The fourth-order valence-electron chi connectivity index (χ4n) is 0.523. The molecule has 2 nitrogen and oxygen atoms in total. The Labute approximate surface area is 70.0 Å². The molecule has 10 heavy (non-hydrogen) atoms. The Morgan fingerprint density at radius 3 is 2.80 bits per heavy atom. The lowest BCUT2D eigenvalue weighted by Crippen LogP contribution is -1.96. The molecule has 0 aliphatic heterocycles. The van der Waals surface area contributed by atoms with Gasteiger partial charge in [-0.2, -0.15) is 0 Å². The van der Waals surface area contributed by atoms with Gasteiger partial charge < -0.3 is 0 Å². The van der Waals surface area contributed by atoms with Crippen LogP contribution >= 0.6 is 27.3 Å². The number of ketones is 1. The van der Waals surface area contributed by atoms with Crippen LogP contribution < -0.4 is 0 Å². The highest BCUT2D eigenvalue weighted by Crippen LogP contribution is 2.22. The first-order valence-corrected chi connectivity index (χ1v) is 4.15. The Balaban J connectivity index is 3.04. The molecule has 0 aromatic carbocycles. The van der Waals surface area contributed by atoms with Crippen LogP contribution in [0.1, 0.15) is 9.67 Å². The number of hydrogen-bond donors (Lipinski definition) is 0. The number of hydrogen-bond acceptors (Lipinski definition) is 3. The normalized spacial score (nSPS) is 9.30. The van der Waals surface area contributed by atoms with Crippen molar-refractivity contribution in [2.24, 2.45) is 0 Å². The fourth-order valence-corrected chi connectivity index (χ4v) is 1.99. The summed E-state index contributed by atoms with van der Waals surface area (Å²) < 4.78 is 0.689. The summed E-state index contributed by atoms with van der Waals surface area (Å²) in [7, 11) is 0. The van der Waals surface area contributed by atoms with Gasteiger partial charge in [-0.15, -0.1) is 11.3 Å². The molecule has 0 saturated heterocycles. The van der Waals surface area contributed by atoms with Gasteiger partial charge >= 0.3 is 0 Å². The lowest BCUT2D eigenvalue weighted by atomic mass is 10.3. The Morgan fingerprint density at radius 1 is 1.70 bits per heavy atom. The fraction of sp³-hybridized carbons (Fsp3) is 0. The van der Waals surface area contributed by atoms with Gasteiger partial charge in [0.25, 0.3) is 0 Å². The molecular weight excluding hydrogens is 216 g/mol. The average Bonchev–Trinajstić information content (AvgIpc) is 2.34. The smallest absolute Gasteiger partial charge is 0.236 e. The Bertz CT molecular complexity index is 266. The highest BCUT2D eigenvalue weighted by atomic mass is 79.9. The molecule has 1 heterocycles. The van der Waals surface area contributed by atoms with Crippen LogP contribution in [-0.2, 0) is 4.79 Å². The zero-order valence-electron chi connectivity index (χ0n) is 4.83. The molecule has 1 aromatic rings. The van der Waals surface area contributed by atoms with Gasteiger partial charge in [0.2, 0.25) is 5.78 Å². The van der Waals surface area contributed by atoms with Gasteiger partial charge in [0.1, 0.15) is 0 Å². The van der Waals surface area contributed by atoms with Crippen LogP contribution in [0.5, 0.6) is 0 Å². The van der Waals surface area contributed by atoms with E-state index in [1.807, 2.05) is 0 Å². The number of halogens is 1. The van der Waals surface area contributed by atoms with E-state index in [4.69, 9.17) is 0 Å². The second-order valence-electron chi connectivity index (χ2n) is 1.58. The minimum Gasteiger partial charge on any atom is -0.294 e. The van der Waals surface area contributed by atoms with Crippen molar-refractivity contribution < 1.29 is 9.59 Å². The quantitative estimate of drug-likeness (QED) is 0.432. The molecule has 0 saturated carbocycles. The van der Waals surface area contributed by atoms with E-state index in [1.165, 1.54) is 11.3 Å². The van der Waals surface area contributed by atoms with Crippen LogP contribution in [0.3, 0.4) is 0 Å². The molecule has 0 atom stereocenters. The number of Topliss-reactive ketones (excluding diaryl/α,β-unsaturated/α-hetero) is 1. The third-order valence-corrected chi connectivity index (χ3v) is 2.80. The zero-order valence-corrected chi connectivity index (χ0v) is 7.24. The van der Waals surface area contributed by atoms with Crippen LogP contribution in [0.25, 0.3) is 0 Å². The summed E-state index contributed by atoms with van der Waals surface area (Å²) in [5, 5.41) is 1.75. The topological polar surface area (TPSA) is 34.1 Å². The molecule has 0 bridgehead atoms. The van der Waals surface area contributed by atoms with Crippen molar-refractivity contribution in [2.75, 3.05) is 0 Å². The lowest BCUT2D eigenvalue weighted by molar-refractivity contribution is -0.104. The largest absolute Gasteiger partial charge is 0.294 e. The van der Waals surface area contributed by atoms with Crippen molar-refractivity contribution in [1.29, 1.82) is 0 Å². The Morgan fingerprint density at radius 2 is 2.40 bits per heavy atom. The Hall–Kier alpha value is -0.480. The summed E-state index contributed by atoms with van der Waals surface area (Å²) in [6.07, 6.45) is 0.316. The number of thiophene rings is 1. The average molecular weight is 219 g/mol. The Kier molecular flexibility index (Phi) is 2.34. The van der Waals surface area contributed by atoms with Gasteiger partial charge in [0.05, 0.1) is 4.88 Å². The number of rotatable bonds is 2. The maximum absolute atomic E-state index is 10.7. The van der Waals surface area contributed by atoms with Crippen LogP contribution in [0.2, 0.25) is 0 Å². The van der Waals surface area contributed by atoms with Crippen molar-refractivity contribution in [1.82, 2.24) is 0 Å². The SMILES string of the molecule is O=CC(=O)c1sccc1Br. The van der Waals surface area contributed by atoms with Gasteiger partial charge in [0.15, 0.2) is 6.29 Å². The first-order valence-electron chi connectivity index (χ1n) is 2.48. The second-order valence-corrected chi connectivity index (χ2v) is 3.35. The number of carbonyl (C=O) groups is 2. The molecule has 0 unspecified atom stereocenters. The van der Waals surface area contributed by atoms with Crippen molar-refractivity contribution in [3.63, 3.8) is 0 Å². The van der Waals surface area contributed by atoms with Crippen molar-refractivity contribution in [3.05, 3.63) is 20.8 Å². The second kappa shape index (κ2) is 3.07. The van der Waals surface area contributed by atoms with Gasteiger partial charge in [0, 0.05) is 4.47 Å². The third-order valence-electron chi connectivity index (χ3n) is 0.948. The number of aldehydes is 1. The summed E-state index contributed by atoms with van der Waals surface area (Å²) in [6, 6.07) is 1.74. The minimum absolute atomic E-state index is 0.316. The summed E-state index contributed by atoms with van der Waals surface area (Å²) in [5.41, 5.74) is 0. The molecular formula is C6H3BrO2S. The van der Waals surface area contributed by atoms with Gasteiger partial charge in [-0.3, -0.25) is 9.59 Å². The molecule has 1 rings (SSSR count). The highest BCUT2D eigenvalue weighted by Gasteiger charge is 2.08. The molecule has 0 aliphatic carbocycles. The van der Waals surface area contributed by atoms with Gasteiger partial charge in [-0.25, -0.2) is 0 Å². The van der Waals surface area contributed by atoms with Crippen molar-refractivity contribution in [3.8, 4) is 0 Å². The molecule has 1 aromatic heterocycles. The first-order chi connectivity index (χ1) is 4.75. The van der Waals surface area contributed by atoms with Crippen LogP contribution in [0.4, 0.5) is 0 Å². The molecule has 0 N–H and O–H groups in total. The molecule has 52 valence electrons. The summed E-state index contributed by atoms with van der Waals surface area (Å²) >= 11 is 4.39. The van der Waals surface area contributed by atoms with E-state index in [0.29, 0.717) is 15.6 Å². The molecule has 0 amide bonds. The van der Waals surface area contributed by atoms with E-state index >= 15 is 0 Å². The molecule has 0 radical (unpaired) electrons. The summed E-state index contributed by atoms with van der Waals surface area (Å²) in [5.74, 6) is -0.470.